The standard InChI is InChI=1S/C40H27NSi/c1-3-15-29(16-4-1)42(30-17-5-2-6-18-30)37-24-12-10-21-33(37)40-35(23-13-25-38(40)42)41-34-22-11-9-20-32(34)39-31-19-8-7-14-28(31)26-27-36(39)41/h1-27H. The normalized spacial score (nSPS) is 13.4. The Bertz CT molecular complexity index is 2260. The molecule has 7 aromatic carbocycles. The third kappa shape index (κ3) is 3.02. The van der Waals surface area contributed by atoms with Gasteiger partial charge in [-0.3, -0.25) is 0 Å². The molecule has 0 bridgehead atoms. The van der Waals surface area contributed by atoms with Crippen molar-refractivity contribution < 1.29 is 0 Å². The molecule has 1 aliphatic heterocycles. The average molecular weight is 550 g/mol. The van der Waals surface area contributed by atoms with E-state index in [1.54, 1.807) is 0 Å². The zero-order valence-electron chi connectivity index (χ0n) is 23.0. The number of aromatic nitrogens is 1. The molecular weight excluding hydrogens is 523 g/mol. The van der Waals surface area contributed by atoms with Gasteiger partial charge in [-0.25, -0.2) is 0 Å². The van der Waals surface area contributed by atoms with Crippen LogP contribution >= 0.6 is 0 Å². The first-order valence-electron chi connectivity index (χ1n) is 14.6. The van der Waals surface area contributed by atoms with Crippen LogP contribution in [0.15, 0.2) is 164 Å². The second-order valence-corrected chi connectivity index (χ2v) is 15.0. The highest BCUT2D eigenvalue weighted by Crippen LogP contribution is 2.40. The van der Waals surface area contributed by atoms with Crippen molar-refractivity contribution in [1.29, 1.82) is 0 Å². The van der Waals surface area contributed by atoms with Gasteiger partial charge in [0.05, 0.1) is 16.7 Å². The van der Waals surface area contributed by atoms with Crippen molar-refractivity contribution in [2.75, 3.05) is 0 Å². The number of para-hydroxylation sites is 1. The van der Waals surface area contributed by atoms with Crippen molar-refractivity contribution in [2.45, 2.75) is 0 Å². The molecule has 0 unspecified atom stereocenters. The molecule has 2 heteroatoms. The maximum atomic E-state index is 2.52. The summed E-state index contributed by atoms with van der Waals surface area (Å²) in [7, 11) is -2.56. The van der Waals surface area contributed by atoms with E-state index in [9.17, 15) is 0 Å². The molecule has 0 N–H and O–H groups in total. The second-order valence-electron chi connectivity index (χ2n) is 11.3. The van der Waals surface area contributed by atoms with Gasteiger partial charge >= 0.3 is 0 Å². The number of benzene rings is 7. The molecule has 0 amide bonds. The molecule has 0 radical (unpaired) electrons. The number of rotatable bonds is 3. The fraction of sp³-hybridized carbons (Fsp3) is 0. The van der Waals surface area contributed by atoms with Crippen molar-refractivity contribution >= 4 is 61.4 Å². The summed E-state index contributed by atoms with van der Waals surface area (Å²) in [5, 5.41) is 11.0. The van der Waals surface area contributed by atoms with E-state index < -0.39 is 8.07 Å². The highest BCUT2D eigenvalue weighted by Gasteiger charge is 2.49. The van der Waals surface area contributed by atoms with Crippen LogP contribution in [0, 0.1) is 0 Å². The van der Waals surface area contributed by atoms with Crippen molar-refractivity contribution in [3.63, 3.8) is 0 Å². The number of hydrogen-bond donors (Lipinski definition) is 0. The molecule has 0 aliphatic carbocycles. The minimum atomic E-state index is -2.56. The molecule has 8 aromatic rings. The predicted molar refractivity (Wildman–Crippen MR) is 181 cm³/mol. The molecule has 0 fully saturated rings. The van der Waals surface area contributed by atoms with E-state index in [2.05, 4.69) is 168 Å². The van der Waals surface area contributed by atoms with Crippen molar-refractivity contribution in [1.82, 2.24) is 4.57 Å². The van der Waals surface area contributed by atoms with Crippen molar-refractivity contribution in [2.24, 2.45) is 0 Å². The molecule has 0 saturated carbocycles. The maximum Gasteiger partial charge on any atom is 0.180 e. The van der Waals surface area contributed by atoms with Gasteiger partial charge in [0.25, 0.3) is 0 Å². The average Bonchev–Trinajstić information content (AvgIpc) is 3.57. The summed E-state index contributed by atoms with van der Waals surface area (Å²) in [5.74, 6) is 0. The fourth-order valence-electron chi connectivity index (χ4n) is 7.66. The van der Waals surface area contributed by atoms with E-state index in [-0.39, 0.29) is 0 Å². The Kier molecular flexibility index (Phi) is 4.99. The van der Waals surface area contributed by atoms with Gasteiger partial charge in [0.15, 0.2) is 8.07 Å². The summed E-state index contributed by atoms with van der Waals surface area (Å²) in [5.41, 5.74) is 6.47. The molecule has 9 rings (SSSR count). The number of nitrogens with zero attached hydrogens (tertiary/aromatic N) is 1. The fourth-order valence-corrected chi connectivity index (χ4v) is 12.9. The van der Waals surface area contributed by atoms with Crippen LogP contribution in [0.3, 0.4) is 0 Å². The quantitative estimate of drug-likeness (QED) is 0.204. The first-order chi connectivity index (χ1) is 20.9. The van der Waals surface area contributed by atoms with Crippen LogP contribution in [0.2, 0.25) is 0 Å². The lowest BCUT2D eigenvalue weighted by Gasteiger charge is -2.31. The predicted octanol–water partition coefficient (Wildman–Crippen LogP) is 7.29. The highest BCUT2D eigenvalue weighted by atomic mass is 28.3. The summed E-state index contributed by atoms with van der Waals surface area (Å²) >= 11 is 0. The van der Waals surface area contributed by atoms with Crippen LogP contribution in [-0.2, 0) is 0 Å². The van der Waals surface area contributed by atoms with E-state index in [1.165, 1.54) is 70.1 Å². The molecule has 196 valence electrons. The molecule has 1 nitrogen and oxygen atoms in total. The van der Waals surface area contributed by atoms with Crippen molar-refractivity contribution in [3.05, 3.63) is 164 Å². The molecule has 1 aliphatic rings. The zero-order valence-corrected chi connectivity index (χ0v) is 24.0. The molecule has 1 aromatic heterocycles. The smallest absolute Gasteiger partial charge is 0.180 e. The van der Waals surface area contributed by atoms with Crippen LogP contribution in [0.5, 0.6) is 0 Å². The Labute approximate surface area is 245 Å². The van der Waals surface area contributed by atoms with E-state index in [4.69, 9.17) is 0 Å². The first-order valence-corrected chi connectivity index (χ1v) is 16.6. The van der Waals surface area contributed by atoms with Gasteiger partial charge in [-0.05, 0) is 55.3 Å². The van der Waals surface area contributed by atoms with E-state index >= 15 is 0 Å². The summed E-state index contributed by atoms with van der Waals surface area (Å²) < 4.78 is 2.52. The SMILES string of the molecule is c1ccc([Si]2(c3ccccc3)c3ccccc3-c3c(-n4c5ccccc5c5c6ccccc6ccc54)cccc32)cc1. The van der Waals surface area contributed by atoms with E-state index in [0.717, 1.165) is 0 Å². The van der Waals surface area contributed by atoms with Crippen LogP contribution < -0.4 is 20.7 Å². The Hall–Kier alpha value is -5.18. The van der Waals surface area contributed by atoms with Gasteiger partial charge in [0.2, 0.25) is 0 Å². The Morgan fingerprint density at radius 1 is 0.405 bits per heavy atom. The van der Waals surface area contributed by atoms with Crippen molar-refractivity contribution in [3.8, 4) is 16.8 Å². The van der Waals surface area contributed by atoms with Gasteiger partial charge in [-0.1, -0.05) is 146 Å². The highest BCUT2D eigenvalue weighted by molar-refractivity contribution is 7.22. The molecule has 0 saturated heterocycles. The molecule has 0 spiro atoms. The van der Waals surface area contributed by atoms with Gasteiger partial charge < -0.3 is 4.57 Å². The maximum absolute atomic E-state index is 2.56. The minimum Gasteiger partial charge on any atom is -0.309 e. The van der Waals surface area contributed by atoms with Crippen LogP contribution in [0.1, 0.15) is 0 Å². The van der Waals surface area contributed by atoms with Gasteiger partial charge in [-0.2, -0.15) is 0 Å². The van der Waals surface area contributed by atoms with Crippen LogP contribution in [0.25, 0.3) is 49.4 Å². The minimum absolute atomic E-state index is 1.24. The van der Waals surface area contributed by atoms with Crippen LogP contribution in [-0.4, -0.2) is 12.6 Å². The van der Waals surface area contributed by atoms with E-state index in [0.29, 0.717) is 0 Å². The molecule has 0 atom stereocenters. The Morgan fingerprint density at radius 3 is 1.81 bits per heavy atom. The molecular formula is C40H27NSi. The topological polar surface area (TPSA) is 4.93 Å². The third-order valence-corrected chi connectivity index (χ3v) is 14.1. The van der Waals surface area contributed by atoms with Crippen LogP contribution in [0.4, 0.5) is 0 Å². The van der Waals surface area contributed by atoms with E-state index in [1.807, 2.05) is 0 Å². The first kappa shape index (κ1) is 23.5. The van der Waals surface area contributed by atoms with Gasteiger partial charge in [-0.15, -0.1) is 0 Å². The largest absolute Gasteiger partial charge is 0.309 e. The number of hydrogen-bond acceptors (Lipinski definition) is 0. The summed E-state index contributed by atoms with van der Waals surface area (Å²) in [6.45, 7) is 0. The Balaban J connectivity index is 1.46. The lowest BCUT2D eigenvalue weighted by Crippen LogP contribution is -2.72. The van der Waals surface area contributed by atoms with Gasteiger partial charge in [0.1, 0.15) is 0 Å². The number of fused-ring (bicyclic) bond motifs is 8. The second kappa shape index (κ2) is 8.91. The lowest BCUT2D eigenvalue weighted by atomic mass is 10.0. The third-order valence-electron chi connectivity index (χ3n) is 9.26. The summed E-state index contributed by atoms with van der Waals surface area (Å²) in [6, 6.07) is 61.0. The monoisotopic (exact) mass is 549 g/mol. The molecule has 42 heavy (non-hydrogen) atoms. The summed E-state index contributed by atoms with van der Waals surface area (Å²) in [6.07, 6.45) is 0. The lowest BCUT2D eigenvalue weighted by molar-refractivity contribution is 1.19. The molecule has 2 heterocycles. The zero-order chi connectivity index (χ0) is 27.7. The van der Waals surface area contributed by atoms with Gasteiger partial charge in [0, 0.05) is 16.3 Å². The Morgan fingerprint density at radius 2 is 1.02 bits per heavy atom. The summed E-state index contributed by atoms with van der Waals surface area (Å²) in [4.78, 5) is 0.